The van der Waals surface area contributed by atoms with E-state index in [0.29, 0.717) is 0 Å². The molecule has 0 saturated heterocycles. The topological polar surface area (TPSA) is 4.93 Å². The van der Waals surface area contributed by atoms with Crippen molar-refractivity contribution in [3.05, 3.63) is 23.8 Å². The van der Waals surface area contributed by atoms with Crippen LogP contribution in [-0.4, -0.2) is 4.57 Å². The van der Waals surface area contributed by atoms with E-state index in [2.05, 4.69) is 35.3 Å². The van der Waals surface area contributed by atoms with Crippen LogP contribution < -0.4 is 0 Å². The van der Waals surface area contributed by atoms with Gasteiger partial charge in [0.2, 0.25) is 0 Å². The molecule has 1 nitrogen and oxygen atoms in total. The highest BCUT2D eigenvalue weighted by Gasteiger charge is 1.95. The van der Waals surface area contributed by atoms with Gasteiger partial charge in [0.05, 0.1) is 4.70 Å². The molecule has 2 aromatic rings. The molecule has 0 atom stereocenters. The van der Waals surface area contributed by atoms with Crippen LogP contribution in [0.3, 0.4) is 0 Å². The summed E-state index contributed by atoms with van der Waals surface area (Å²) in [7, 11) is 0. The van der Waals surface area contributed by atoms with Crippen molar-refractivity contribution >= 4 is 21.4 Å². The van der Waals surface area contributed by atoms with E-state index in [1.54, 1.807) is 11.3 Å². The highest BCUT2D eigenvalue weighted by Crippen LogP contribution is 2.20. The predicted molar refractivity (Wildman–Crippen MR) is 45.5 cm³/mol. The van der Waals surface area contributed by atoms with Gasteiger partial charge >= 0.3 is 0 Å². The van der Waals surface area contributed by atoms with Crippen molar-refractivity contribution in [3.8, 4) is 0 Å². The van der Waals surface area contributed by atoms with Gasteiger partial charge in [-0.15, -0.1) is 11.3 Å². The molecule has 0 amide bonds. The Morgan fingerprint density at radius 1 is 1.50 bits per heavy atom. The second-order valence-electron chi connectivity index (χ2n) is 2.33. The molecule has 0 aromatic carbocycles. The number of rotatable bonds is 1. The van der Waals surface area contributed by atoms with Gasteiger partial charge in [0.15, 0.2) is 0 Å². The van der Waals surface area contributed by atoms with Crippen molar-refractivity contribution in [3.63, 3.8) is 0 Å². The molecule has 52 valence electrons. The lowest BCUT2D eigenvalue weighted by Crippen LogP contribution is -1.85. The van der Waals surface area contributed by atoms with Crippen LogP contribution in [0, 0.1) is 0 Å². The van der Waals surface area contributed by atoms with Crippen LogP contribution >= 0.6 is 11.3 Å². The summed E-state index contributed by atoms with van der Waals surface area (Å²) in [5, 5.41) is 3.50. The first kappa shape index (κ1) is 5.98. The Morgan fingerprint density at radius 2 is 2.40 bits per heavy atom. The minimum absolute atomic E-state index is 1.07. The van der Waals surface area contributed by atoms with Crippen LogP contribution in [0.15, 0.2) is 23.8 Å². The van der Waals surface area contributed by atoms with Crippen molar-refractivity contribution in [2.24, 2.45) is 0 Å². The van der Waals surface area contributed by atoms with Gasteiger partial charge in [0, 0.05) is 24.3 Å². The van der Waals surface area contributed by atoms with Gasteiger partial charge < -0.3 is 4.57 Å². The molecular weight excluding hydrogens is 142 g/mol. The summed E-state index contributed by atoms with van der Waals surface area (Å²) in [4.78, 5) is 0. The van der Waals surface area contributed by atoms with Gasteiger partial charge in [-0.3, -0.25) is 0 Å². The SMILES string of the molecule is CCn1cc2ccsc2c1. The fourth-order valence-electron chi connectivity index (χ4n) is 1.09. The summed E-state index contributed by atoms with van der Waals surface area (Å²) in [6.07, 6.45) is 4.38. The Kier molecular flexibility index (Phi) is 1.27. The monoisotopic (exact) mass is 151 g/mol. The van der Waals surface area contributed by atoms with Crippen LogP contribution in [0.5, 0.6) is 0 Å². The molecule has 0 aliphatic heterocycles. The Morgan fingerprint density at radius 3 is 3.10 bits per heavy atom. The van der Waals surface area contributed by atoms with E-state index in [4.69, 9.17) is 0 Å². The first-order valence-electron chi connectivity index (χ1n) is 3.43. The molecule has 0 unspecified atom stereocenters. The molecule has 0 aliphatic rings. The van der Waals surface area contributed by atoms with E-state index in [0.717, 1.165) is 6.54 Å². The minimum atomic E-state index is 1.07. The molecule has 2 aromatic heterocycles. The molecule has 2 heteroatoms. The summed E-state index contributed by atoms with van der Waals surface area (Å²) in [6.45, 7) is 3.23. The lowest BCUT2D eigenvalue weighted by Gasteiger charge is -1.90. The van der Waals surface area contributed by atoms with Gasteiger partial charge in [0.25, 0.3) is 0 Å². The van der Waals surface area contributed by atoms with Crippen LogP contribution in [0.1, 0.15) is 6.92 Å². The quantitative estimate of drug-likeness (QED) is 0.590. The van der Waals surface area contributed by atoms with E-state index in [1.165, 1.54) is 10.1 Å². The lowest BCUT2D eigenvalue weighted by molar-refractivity contribution is 0.773. The standard InChI is InChI=1S/C8H9NS/c1-2-9-5-7-3-4-10-8(7)6-9/h3-6H,2H2,1H3. The third kappa shape index (κ3) is 0.762. The molecule has 2 heterocycles. The molecule has 0 radical (unpaired) electrons. The molecule has 0 N–H and O–H groups in total. The number of thiophene rings is 1. The van der Waals surface area contributed by atoms with Crippen molar-refractivity contribution < 1.29 is 0 Å². The predicted octanol–water partition coefficient (Wildman–Crippen LogP) is 2.72. The van der Waals surface area contributed by atoms with Crippen LogP contribution in [-0.2, 0) is 6.54 Å². The Balaban J connectivity index is 2.67. The highest BCUT2D eigenvalue weighted by atomic mass is 32.1. The zero-order valence-corrected chi connectivity index (χ0v) is 6.69. The molecule has 0 spiro atoms. The Hall–Kier alpha value is -0.760. The third-order valence-corrected chi connectivity index (χ3v) is 2.55. The van der Waals surface area contributed by atoms with Crippen molar-refractivity contribution in [1.82, 2.24) is 4.57 Å². The first-order chi connectivity index (χ1) is 4.90. The smallest absolute Gasteiger partial charge is 0.0519 e. The zero-order valence-electron chi connectivity index (χ0n) is 5.87. The summed E-state index contributed by atoms with van der Waals surface area (Å²) in [5.41, 5.74) is 0. The molecule has 0 fully saturated rings. The molecule has 0 saturated carbocycles. The number of aromatic nitrogens is 1. The second kappa shape index (κ2) is 2.13. The average Bonchev–Trinajstić information content (AvgIpc) is 2.42. The van der Waals surface area contributed by atoms with Crippen LogP contribution in [0.25, 0.3) is 10.1 Å². The molecular formula is C8H9NS. The number of fused-ring (bicyclic) bond motifs is 1. The van der Waals surface area contributed by atoms with Gasteiger partial charge in [-0.05, 0) is 18.4 Å². The van der Waals surface area contributed by atoms with E-state index in [-0.39, 0.29) is 0 Å². The second-order valence-corrected chi connectivity index (χ2v) is 3.28. The minimum Gasteiger partial charge on any atom is -0.352 e. The first-order valence-corrected chi connectivity index (χ1v) is 4.31. The number of hydrogen-bond donors (Lipinski definition) is 0. The largest absolute Gasteiger partial charge is 0.352 e. The summed E-state index contributed by atoms with van der Waals surface area (Å²) in [6, 6.07) is 2.16. The van der Waals surface area contributed by atoms with Gasteiger partial charge in [0.1, 0.15) is 0 Å². The average molecular weight is 151 g/mol. The third-order valence-electron chi connectivity index (χ3n) is 1.68. The normalized spacial score (nSPS) is 10.9. The number of aryl methyl sites for hydroxylation is 1. The van der Waals surface area contributed by atoms with Crippen molar-refractivity contribution in [2.45, 2.75) is 13.5 Å². The van der Waals surface area contributed by atoms with E-state index < -0.39 is 0 Å². The van der Waals surface area contributed by atoms with Crippen LogP contribution in [0.4, 0.5) is 0 Å². The van der Waals surface area contributed by atoms with Gasteiger partial charge in [-0.2, -0.15) is 0 Å². The fraction of sp³-hybridized carbons (Fsp3) is 0.250. The molecule has 2 rings (SSSR count). The van der Waals surface area contributed by atoms with Crippen LogP contribution in [0.2, 0.25) is 0 Å². The summed E-state index contributed by atoms with van der Waals surface area (Å²) in [5.74, 6) is 0. The van der Waals surface area contributed by atoms with E-state index in [9.17, 15) is 0 Å². The highest BCUT2D eigenvalue weighted by molar-refractivity contribution is 7.17. The Labute approximate surface area is 63.9 Å². The molecule has 0 bridgehead atoms. The maximum absolute atomic E-state index is 2.21. The number of nitrogens with zero attached hydrogens (tertiary/aromatic N) is 1. The molecule has 0 aliphatic carbocycles. The molecule has 10 heavy (non-hydrogen) atoms. The van der Waals surface area contributed by atoms with Crippen molar-refractivity contribution in [2.75, 3.05) is 0 Å². The Bertz CT molecular complexity index is 303. The zero-order chi connectivity index (χ0) is 6.97. The summed E-state index contributed by atoms with van der Waals surface area (Å²) >= 11 is 1.80. The maximum atomic E-state index is 2.21. The fourth-order valence-corrected chi connectivity index (χ4v) is 1.91. The maximum Gasteiger partial charge on any atom is 0.0519 e. The van der Waals surface area contributed by atoms with E-state index >= 15 is 0 Å². The lowest BCUT2D eigenvalue weighted by atomic mass is 10.4. The van der Waals surface area contributed by atoms with Crippen molar-refractivity contribution in [1.29, 1.82) is 0 Å². The van der Waals surface area contributed by atoms with E-state index in [1.807, 2.05) is 0 Å². The van der Waals surface area contributed by atoms with Gasteiger partial charge in [-0.25, -0.2) is 0 Å². The summed E-state index contributed by atoms with van der Waals surface area (Å²) < 4.78 is 3.60. The van der Waals surface area contributed by atoms with Gasteiger partial charge in [-0.1, -0.05) is 0 Å². The number of hydrogen-bond acceptors (Lipinski definition) is 1.